The van der Waals surface area contributed by atoms with Crippen molar-refractivity contribution in [1.82, 2.24) is 14.9 Å². The van der Waals surface area contributed by atoms with Crippen LogP contribution >= 0.6 is 0 Å². The van der Waals surface area contributed by atoms with Crippen molar-refractivity contribution in [3.05, 3.63) is 99.0 Å². The lowest BCUT2D eigenvalue weighted by molar-refractivity contribution is 0.0948. The van der Waals surface area contributed by atoms with Crippen molar-refractivity contribution in [1.29, 1.82) is 0 Å². The van der Waals surface area contributed by atoms with Gasteiger partial charge in [-0.1, -0.05) is 24.3 Å². The monoisotopic (exact) mass is 365 g/mol. The predicted octanol–water partition coefficient (Wildman–Crippen LogP) is 2.75. The fourth-order valence-electron chi connectivity index (χ4n) is 2.93. The Morgan fingerprint density at radius 2 is 2.00 bits per heavy atom. The number of nitrogens with one attached hydrogen (secondary N) is 1. The number of benzene rings is 1. The second kappa shape index (κ2) is 7.95. The van der Waals surface area contributed by atoms with E-state index in [1.165, 1.54) is 12.1 Å². The second-order valence-electron chi connectivity index (χ2n) is 6.34. The second-order valence-corrected chi connectivity index (χ2v) is 6.34. The van der Waals surface area contributed by atoms with Crippen LogP contribution < -0.4 is 10.7 Å². The van der Waals surface area contributed by atoms with E-state index in [2.05, 4.69) is 10.3 Å². The number of aryl methyl sites for hydroxylation is 1. The Morgan fingerprint density at radius 3 is 2.70 bits per heavy atom. The third kappa shape index (κ3) is 4.11. The van der Waals surface area contributed by atoms with E-state index in [-0.39, 0.29) is 29.8 Å². The van der Waals surface area contributed by atoms with E-state index in [1.807, 2.05) is 6.07 Å². The molecule has 0 aliphatic rings. The van der Waals surface area contributed by atoms with Gasteiger partial charge in [0.25, 0.3) is 5.91 Å². The minimum absolute atomic E-state index is 0.0373. The molecular formula is C21H20FN3O2. The fourth-order valence-corrected chi connectivity index (χ4v) is 2.93. The van der Waals surface area contributed by atoms with Crippen molar-refractivity contribution in [2.75, 3.05) is 0 Å². The van der Waals surface area contributed by atoms with E-state index in [9.17, 15) is 14.0 Å². The number of hydrogen-bond acceptors (Lipinski definition) is 3. The first-order valence-electron chi connectivity index (χ1n) is 8.57. The minimum atomic E-state index is -0.481. The topological polar surface area (TPSA) is 64.0 Å². The molecule has 0 aliphatic heterocycles. The van der Waals surface area contributed by atoms with Gasteiger partial charge in [-0.05, 0) is 30.2 Å². The number of carbonyl (C=O) groups is 1. The SMILES string of the molecule is Cc1cc(=O)c(C(=O)NCc2cccnc2)c(Cc2ccccc2F)n1C. The van der Waals surface area contributed by atoms with Gasteiger partial charge in [0.1, 0.15) is 11.4 Å². The van der Waals surface area contributed by atoms with Crippen LogP contribution in [0.3, 0.4) is 0 Å². The number of amides is 1. The molecule has 6 heteroatoms. The lowest BCUT2D eigenvalue weighted by Gasteiger charge is -2.17. The first-order valence-corrected chi connectivity index (χ1v) is 8.57. The van der Waals surface area contributed by atoms with E-state index in [1.54, 1.807) is 55.2 Å². The molecule has 0 saturated heterocycles. The summed E-state index contributed by atoms with van der Waals surface area (Å²) in [5.74, 6) is -0.848. The lowest BCUT2D eigenvalue weighted by Crippen LogP contribution is -2.32. The van der Waals surface area contributed by atoms with Gasteiger partial charge in [-0.15, -0.1) is 0 Å². The molecule has 2 aromatic heterocycles. The minimum Gasteiger partial charge on any atom is -0.351 e. The number of nitrogens with zero attached hydrogens (tertiary/aromatic N) is 2. The Bertz CT molecular complexity index is 1030. The normalized spacial score (nSPS) is 10.6. The molecule has 0 saturated carbocycles. The zero-order chi connectivity index (χ0) is 19.4. The maximum absolute atomic E-state index is 14.1. The molecule has 1 aromatic carbocycles. The summed E-state index contributed by atoms with van der Waals surface area (Å²) < 4.78 is 15.9. The average Bonchev–Trinajstić information content (AvgIpc) is 2.66. The van der Waals surface area contributed by atoms with Crippen LogP contribution in [0.5, 0.6) is 0 Å². The molecule has 27 heavy (non-hydrogen) atoms. The van der Waals surface area contributed by atoms with E-state index < -0.39 is 5.91 Å². The zero-order valence-electron chi connectivity index (χ0n) is 15.2. The summed E-state index contributed by atoms with van der Waals surface area (Å²) in [6, 6.07) is 11.4. The van der Waals surface area contributed by atoms with Crippen LogP contribution in [0.1, 0.15) is 32.9 Å². The summed E-state index contributed by atoms with van der Waals surface area (Å²) in [6.07, 6.45) is 3.44. The molecule has 0 aliphatic carbocycles. The molecule has 1 N–H and O–H groups in total. The maximum atomic E-state index is 14.1. The zero-order valence-corrected chi connectivity index (χ0v) is 15.2. The van der Waals surface area contributed by atoms with Gasteiger partial charge in [-0.25, -0.2) is 4.39 Å². The van der Waals surface area contributed by atoms with E-state index >= 15 is 0 Å². The molecule has 3 aromatic rings. The van der Waals surface area contributed by atoms with E-state index in [4.69, 9.17) is 0 Å². The molecule has 0 spiro atoms. The number of pyridine rings is 2. The highest BCUT2D eigenvalue weighted by atomic mass is 19.1. The van der Waals surface area contributed by atoms with Crippen molar-refractivity contribution < 1.29 is 9.18 Å². The van der Waals surface area contributed by atoms with Gasteiger partial charge >= 0.3 is 0 Å². The van der Waals surface area contributed by atoms with Crippen molar-refractivity contribution in [2.24, 2.45) is 7.05 Å². The smallest absolute Gasteiger partial charge is 0.257 e. The van der Waals surface area contributed by atoms with Crippen LogP contribution in [-0.2, 0) is 20.0 Å². The molecule has 0 unspecified atom stereocenters. The fraction of sp³-hybridized carbons (Fsp3) is 0.190. The molecule has 3 rings (SSSR count). The summed E-state index contributed by atoms with van der Waals surface area (Å²) in [6.45, 7) is 2.03. The van der Waals surface area contributed by atoms with E-state index in [0.29, 0.717) is 17.0 Å². The molecule has 138 valence electrons. The summed E-state index contributed by atoms with van der Waals surface area (Å²) in [5, 5.41) is 2.76. The first kappa shape index (κ1) is 18.5. The van der Waals surface area contributed by atoms with Crippen LogP contribution in [-0.4, -0.2) is 15.5 Å². The molecule has 2 heterocycles. The van der Waals surface area contributed by atoms with Gasteiger partial charge < -0.3 is 9.88 Å². The Labute approximate surface area is 156 Å². The largest absolute Gasteiger partial charge is 0.351 e. The summed E-state index contributed by atoms with van der Waals surface area (Å²) in [4.78, 5) is 29.3. The van der Waals surface area contributed by atoms with Crippen LogP contribution in [0, 0.1) is 12.7 Å². The number of carbonyl (C=O) groups excluding carboxylic acids is 1. The number of aromatic nitrogens is 2. The Kier molecular flexibility index (Phi) is 5.45. The van der Waals surface area contributed by atoms with Gasteiger partial charge in [0.15, 0.2) is 5.43 Å². The highest BCUT2D eigenvalue weighted by Gasteiger charge is 2.20. The molecule has 0 bridgehead atoms. The van der Waals surface area contributed by atoms with Gasteiger partial charge in [-0.3, -0.25) is 14.6 Å². The van der Waals surface area contributed by atoms with Crippen molar-refractivity contribution in [2.45, 2.75) is 19.9 Å². The van der Waals surface area contributed by atoms with Gasteiger partial charge in [0.2, 0.25) is 0 Å². The number of hydrogen-bond donors (Lipinski definition) is 1. The van der Waals surface area contributed by atoms with Crippen molar-refractivity contribution >= 4 is 5.91 Å². The van der Waals surface area contributed by atoms with Crippen LogP contribution in [0.2, 0.25) is 0 Å². The molecule has 0 fully saturated rings. The maximum Gasteiger partial charge on any atom is 0.257 e. The van der Waals surface area contributed by atoms with Gasteiger partial charge in [0, 0.05) is 49.9 Å². The lowest BCUT2D eigenvalue weighted by atomic mass is 10.0. The highest BCUT2D eigenvalue weighted by molar-refractivity contribution is 5.95. The molecule has 0 radical (unpaired) electrons. The first-order chi connectivity index (χ1) is 13.0. The van der Waals surface area contributed by atoms with Crippen LogP contribution in [0.15, 0.2) is 59.7 Å². The highest BCUT2D eigenvalue weighted by Crippen LogP contribution is 2.16. The number of halogens is 1. The van der Waals surface area contributed by atoms with Crippen LogP contribution in [0.4, 0.5) is 4.39 Å². The predicted molar refractivity (Wildman–Crippen MR) is 101 cm³/mol. The van der Waals surface area contributed by atoms with Crippen LogP contribution in [0.25, 0.3) is 0 Å². The average molecular weight is 365 g/mol. The summed E-state index contributed by atoms with van der Waals surface area (Å²) >= 11 is 0. The van der Waals surface area contributed by atoms with Crippen molar-refractivity contribution in [3.8, 4) is 0 Å². The van der Waals surface area contributed by atoms with Gasteiger partial charge in [0.05, 0.1) is 0 Å². The Morgan fingerprint density at radius 1 is 1.22 bits per heavy atom. The van der Waals surface area contributed by atoms with Gasteiger partial charge in [-0.2, -0.15) is 0 Å². The number of rotatable bonds is 5. The summed E-state index contributed by atoms with van der Waals surface area (Å²) in [7, 11) is 1.77. The third-order valence-electron chi connectivity index (χ3n) is 4.53. The molecule has 1 amide bonds. The Balaban J connectivity index is 1.96. The quantitative estimate of drug-likeness (QED) is 0.756. The van der Waals surface area contributed by atoms with Crippen molar-refractivity contribution in [3.63, 3.8) is 0 Å². The molecule has 0 atom stereocenters. The third-order valence-corrected chi connectivity index (χ3v) is 4.53. The molecule has 5 nitrogen and oxygen atoms in total. The standard InChI is InChI=1S/C21H20FN3O2/c1-14-10-19(26)20(21(27)24-13-15-6-5-9-23-12-15)18(25(14)2)11-16-7-3-4-8-17(16)22/h3-10,12H,11,13H2,1-2H3,(H,24,27). The Hall–Kier alpha value is -3.28. The summed E-state index contributed by atoms with van der Waals surface area (Å²) in [5.41, 5.74) is 2.10. The van der Waals surface area contributed by atoms with E-state index in [0.717, 1.165) is 5.56 Å². The molecular weight excluding hydrogens is 345 g/mol.